The van der Waals surface area contributed by atoms with E-state index in [0.29, 0.717) is 10.6 Å². The summed E-state index contributed by atoms with van der Waals surface area (Å²) in [5.41, 5.74) is 3.10. The SMILES string of the molecule is O=C(COC(=O)Cc1ccccc1Cl)NC1CCc2ccccc21. The number of hydrogen-bond acceptors (Lipinski definition) is 3. The molecule has 1 aliphatic rings. The molecule has 5 heteroatoms. The molecule has 0 heterocycles. The Kier molecular flexibility index (Phi) is 5.16. The molecule has 1 amide bonds. The second-order valence-corrected chi connectivity index (χ2v) is 6.19. The highest BCUT2D eigenvalue weighted by Gasteiger charge is 2.23. The van der Waals surface area contributed by atoms with Crippen LogP contribution in [0.2, 0.25) is 5.02 Å². The molecular weight excluding hydrogens is 326 g/mol. The number of hydrogen-bond donors (Lipinski definition) is 1. The van der Waals surface area contributed by atoms with Gasteiger partial charge in [-0.15, -0.1) is 0 Å². The van der Waals surface area contributed by atoms with Crippen LogP contribution in [0.5, 0.6) is 0 Å². The monoisotopic (exact) mass is 343 g/mol. The van der Waals surface area contributed by atoms with Crippen molar-refractivity contribution in [3.05, 3.63) is 70.2 Å². The summed E-state index contributed by atoms with van der Waals surface area (Å²) < 4.78 is 5.05. The third-order valence-electron chi connectivity index (χ3n) is 4.12. The lowest BCUT2D eigenvalue weighted by atomic mass is 10.1. The first-order valence-corrected chi connectivity index (χ1v) is 8.27. The van der Waals surface area contributed by atoms with E-state index < -0.39 is 5.97 Å². The van der Waals surface area contributed by atoms with Gasteiger partial charge in [0.15, 0.2) is 6.61 Å². The van der Waals surface area contributed by atoms with Gasteiger partial charge in [0, 0.05) is 5.02 Å². The molecule has 0 aromatic heterocycles. The Morgan fingerprint density at radius 1 is 1.12 bits per heavy atom. The number of rotatable bonds is 5. The molecule has 0 aliphatic heterocycles. The number of ether oxygens (including phenoxy) is 1. The minimum absolute atomic E-state index is 0.00373. The fraction of sp³-hybridized carbons (Fsp3) is 0.263. The van der Waals surface area contributed by atoms with Crippen molar-refractivity contribution >= 4 is 23.5 Å². The Hall–Kier alpha value is -2.33. The zero-order valence-corrected chi connectivity index (χ0v) is 13.9. The maximum Gasteiger partial charge on any atom is 0.310 e. The van der Waals surface area contributed by atoms with Gasteiger partial charge in [-0.2, -0.15) is 0 Å². The van der Waals surface area contributed by atoms with E-state index in [1.165, 1.54) is 5.56 Å². The van der Waals surface area contributed by atoms with Gasteiger partial charge in [0.1, 0.15) is 0 Å². The molecule has 1 unspecified atom stereocenters. The van der Waals surface area contributed by atoms with E-state index in [1.807, 2.05) is 18.2 Å². The fourth-order valence-corrected chi connectivity index (χ4v) is 3.14. The number of carbonyl (C=O) groups is 2. The van der Waals surface area contributed by atoms with Crippen LogP contribution < -0.4 is 5.32 Å². The van der Waals surface area contributed by atoms with Crippen molar-refractivity contribution in [2.45, 2.75) is 25.3 Å². The molecule has 0 spiro atoms. The molecule has 0 radical (unpaired) electrons. The maximum atomic E-state index is 12.0. The Morgan fingerprint density at radius 3 is 2.71 bits per heavy atom. The zero-order chi connectivity index (χ0) is 16.9. The predicted octanol–water partition coefficient (Wildman–Crippen LogP) is 3.23. The summed E-state index contributed by atoms with van der Waals surface area (Å²) in [7, 11) is 0. The van der Waals surface area contributed by atoms with Crippen LogP contribution in [0.1, 0.15) is 29.2 Å². The molecule has 0 bridgehead atoms. The van der Waals surface area contributed by atoms with Gasteiger partial charge < -0.3 is 10.1 Å². The summed E-state index contributed by atoms with van der Waals surface area (Å²) in [6.07, 6.45) is 1.88. The molecular formula is C19H18ClNO3. The summed E-state index contributed by atoms with van der Waals surface area (Å²) >= 11 is 6.01. The number of carbonyl (C=O) groups excluding carboxylic acids is 2. The Bertz CT molecular complexity index is 760. The highest BCUT2D eigenvalue weighted by atomic mass is 35.5. The molecule has 0 saturated carbocycles. The van der Waals surface area contributed by atoms with Gasteiger partial charge in [0.2, 0.25) is 0 Å². The van der Waals surface area contributed by atoms with Crippen LogP contribution in [-0.4, -0.2) is 18.5 Å². The number of nitrogens with one attached hydrogen (secondary N) is 1. The number of benzene rings is 2. The maximum absolute atomic E-state index is 12.0. The Labute approximate surface area is 145 Å². The minimum Gasteiger partial charge on any atom is -0.455 e. The van der Waals surface area contributed by atoms with Gasteiger partial charge in [0.05, 0.1) is 12.5 Å². The van der Waals surface area contributed by atoms with Gasteiger partial charge in [-0.3, -0.25) is 9.59 Å². The summed E-state index contributed by atoms with van der Waals surface area (Å²) in [4.78, 5) is 23.9. The van der Waals surface area contributed by atoms with Crippen molar-refractivity contribution in [2.75, 3.05) is 6.61 Å². The zero-order valence-electron chi connectivity index (χ0n) is 13.1. The summed E-state index contributed by atoms with van der Waals surface area (Å²) in [5.74, 6) is -0.755. The molecule has 24 heavy (non-hydrogen) atoms. The lowest BCUT2D eigenvalue weighted by Gasteiger charge is -2.14. The van der Waals surface area contributed by atoms with Crippen molar-refractivity contribution < 1.29 is 14.3 Å². The largest absolute Gasteiger partial charge is 0.455 e. The summed E-state index contributed by atoms with van der Waals surface area (Å²) in [5, 5.41) is 3.44. The molecule has 124 valence electrons. The molecule has 2 aromatic rings. The van der Waals surface area contributed by atoms with Crippen molar-refractivity contribution in [1.29, 1.82) is 0 Å². The topological polar surface area (TPSA) is 55.4 Å². The first-order valence-electron chi connectivity index (χ1n) is 7.89. The van der Waals surface area contributed by atoms with Gasteiger partial charge >= 0.3 is 5.97 Å². The molecule has 0 saturated heterocycles. The first kappa shape index (κ1) is 16.5. The molecule has 1 aliphatic carbocycles. The van der Waals surface area contributed by atoms with Gasteiger partial charge in [-0.05, 0) is 35.6 Å². The van der Waals surface area contributed by atoms with Crippen LogP contribution >= 0.6 is 11.6 Å². The van der Waals surface area contributed by atoms with Crippen LogP contribution in [0, 0.1) is 0 Å². The second kappa shape index (κ2) is 7.49. The normalized spacial score (nSPS) is 15.6. The quantitative estimate of drug-likeness (QED) is 0.848. The highest BCUT2D eigenvalue weighted by Crippen LogP contribution is 2.30. The van der Waals surface area contributed by atoms with E-state index in [9.17, 15) is 9.59 Å². The van der Waals surface area contributed by atoms with E-state index in [4.69, 9.17) is 16.3 Å². The molecule has 1 atom stereocenters. The number of esters is 1. The summed E-state index contributed by atoms with van der Waals surface area (Å²) in [6, 6.07) is 15.1. The van der Waals surface area contributed by atoms with Gasteiger partial charge in [-0.25, -0.2) is 0 Å². The highest BCUT2D eigenvalue weighted by molar-refractivity contribution is 6.31. The average molecular weight is 344 g/mol. The van der Waals surface area contributed by atoms with Crippen LogP contribution in [0.25, 0.3) is 0 Å². The molecule has 1 N–H and O–H groups in total. The number of fused-ring (bicyclic) bond motifs is 1. The lowest BCUT2D eigenvalue weighted by Crippen LogP contribution is -2.31. The molecule has 2 aromatic carbocycles. The van der Waals surface area contributed by atoms with Crippen LogP contribution in [-0.2, 0) is 27.2 Å². The third kappa shape index (κ3) is 3.95. The molecule has 3 rings (SSSR count). The molecule has 0 fully saturated rings. The third-order valence-corrected chi connectivity index (χ3v) is 4.49. The molecule has 4 nitrogen and oxygen atoms in total. The van der Waals surface area contributed by atoms with Crippen molar-refractivity contribution in [2.24, 2.45) is 0 Å². The van der Waals surface area contributed by atoms with Crippen molar-refractivity contribution in [3.63, 3.8) is 0 Å². The van der Waals surface area contributed by atoms with Crippen LogP contribution in [0.4, 0.5) is 0 Å². The van der Waals surface area contributed by atoms with E-state index in [2.05, 4.69) is 11.4 Å². The smallest absolute Gasteiger partial charge is 0.310 e. The Morgan fingerprint density at radius 2 is 1.88 bits per heavy atom. The number of amides is 1. The second-order valence-electron chi connectivity index (χ2n) is 5.79. The van der Waals surface area contributed by atoms with E-state index in [-0.39, 0.29) is 25.0 Å². The average Bonchev–Trinajstić information content (AvgIpc) is 2.98. The predicted molar refractivity (Wildman–Crippen MR) is 91.8 cm³/mol. The fourth-order valence-electron chi connectivity index (χ4n) is 2.94. The Balaban J connectivity index is 1.48. The summed E-state index contributed by atoms with van der Waals surface area (Å²) in [6.45, 7) is -0.276. The first-order chi connectivity index (χ1) is 11.6. The number of aryl methyl sites for hydroxylation is 1. The lowest BCUT2D eigenvalue weighted by molar-refractivity contribution is -0.148. The van der Waals surface area contributed by atoms with Crippen molar-refractivity contribution in [1.82, 2.24) is 5.32 Å². The van der Waals surface area contributed by atoms with Crippen LogP contribution in [0.15, 0.2) is 48.5 Å². The van der Waals surface area contributed by atoms with Crippen LogP contribution in [0.3, 0.4) is 0 Å². The van der Waals surface area contributed by atoms with Gasteiger partial charge in [0.25, 0.3) is 5.91 Å². The van der Waals surface area contributed by atoms with Gasteiger partial charge in [-0.1, -0.05) is 54.1 Å². The van der Waals surface area contributed by atoms with E-state index in [1.54, 1.807) is 24.3 Å². The van der Waals surface area contributed by atoms with Crippen molar-refractivity contribution in [3.8, 4) is 0 Å². The van der Waals surface area contributed by atoms with E-state index >= 15 is 0 Å². The number of halogens is 1. The van der Waals surface area contributed by atoms with E-state index in [0.717, 1.165) is 18.4 Å². The minimum atomic E-state index is -0.468. The standard InChI is InChI=1S/C19H18ClNO3/c20-16-8-4-2-6-14(16)11-19(23)24-12-18(22)21-17-10-9-13-5-1-3-7-15(13)17/h1-8,17H,9-12H2,(H,21,22).